The Morgan fingerprint density at radius 1 is 1.28 bits per heavy atom. The van der Waals surface area contributed by atoms with Crippen molar-refractivity contribution in [2.75, 3.05) is 23.3 Å². The van der Waals surface area contributed by atoms with E-state index in [1.807, 2.05) is 38.1 Å². The minimum absolute atomic E-state index is 0.0340. The molecule has 0 aliphatic carbocycles. The van der Waals surface area contributed by atoms with Crippen molar-refractivity contribution in [2.24, 2.45) is 0 Å². The lowest BCUT2D eigenvalue weighted by molar-refractivity contribution is -0.116. The summed E-state index contributed by atoms with van der Waals surface area (Å²) in [4.78, 5) is 14.4. The summed E-state index contributed by atoms with van der Waals surface area (Å²) in [5, 5.41) is 20.8. The van der Waals surface area contributed by atoms with Crippen molar-refractivity contribution in [2.45, 2.75) is 33.1 Å². The Morgan fingerprint density at radius 3 is 2.80 bits per heavy atom. The zero-order valence-electron chi connectivity index (χ0n) is 14.5. The molecule has 128 valence electrons. The van der Waals surface area contributed by atoms with Gasteiger partial charge < -0.3 is 10.2 Å². The van der Waals surface area contributed by atoms with Gasteiger partial charge in [0, 0.05) is 12.2 Å². The third kappa shape index (κ3) is 3.18. The molecule has 1 aliphatic rings. The molecule has 3 rings (SSSR count). The van der Waals surface area contributed by atoms with E-state index in [4.69, 9.17) is 0 Å². The molecule has 6 nitrogen and oxygen atoms in total. The first-order valence-electron chi connectivity index (χ1n) is 8.60. The Bertz CT molecular complexity index is 840. The second-order valence-electron chi connectivity index (χ2n) is 5.95. The second-order valence-corrected chi connectivity index (χ2v) is 5.95. The Balaban J connectivity index is 1.76. The predicted molar refractivity (Wildman–Crippen MR) is 96.5 cm³/mol. The van der Waals surface area contributed by atoms with Gasteiger partial charge in [0.1, 0.15) is 11.6 Å². The molecule has 0 radical (unpaired) electrons. The number of nitrogens with one attached hydrogen (secondary N) is 1. The second kappa shape index (κ2) is 7.31. The van der Waals surface area contributed by atoms with Gasteiger partial charge in [-0.3, -0.25) is 4.79 Å². The first-order valence-corrected chi connectivity index (χ1v) is 8.60. The highest BCUT2D eigenvalue weighted by Crippen LogP contribution is 2.27. The molecule has 1 amide bonds. The maximum Gasteiger partial charge on any atom is 0.246 e. The number of para-hydroxylation sites is 1. The van der Waals surface area contributed by atoms with E-state index in [0.717, 1.165) is 29.8 Å². The van der Waals surface area contributed by atoms with Gasteiger partial charge in [0.25, 0.3) is 0 Å². The fourth-order valence-corrected chi connectivity index (χ4v) is 3.27. The molecule has 0 bridgehead atoms. The van der Waals surface area contributed by atoms with Crippen LogP contribution in [0.2, 0.25) is 0 Å². The fourth-order valence-electron chi connectivity index (χ4n) is 3.27. The Labute approximate surface area is 147 Å². The molecule has 0 saturated carbocycles. The molecule has 25 heavy (non-hydrogen) atoms. The maximum atomic E-state index is 12.6. The Hall–Kier alpha value is -2.94. The lowest BCUT2D eigenvalue weighted by Gasteiger charge is -2.18. The normalized spacial score (nSPS) is 12.6. The van der Waals surface area contributed by atoms with Crippen LogP contribution in [0.1, 0.15) is 36.2 Å². The SMILES string of the molecule is CCc1nnc(NCC(=O)N2CCc3ccccc32)c(C#N)c1CC. The van der Waals surface area contributed by atoms with Gasteiger partial charge in [0.2, 0.25) is 5.91 Å². The van der Waals surface area contributed by atoms with Gasteiger partial charge in [-0.1, -0.05) is 32.0 Å². The molecule has 0 atom stereocenters. The number of rotatable bonds is 5. The number of carbonyl (C=O) groups excluding carboxylic acids is 1. The first-order chi connectivity index (χ1) is 12.2. The zero-order valence-corrected chi connectivity index (χ0v) is 14.5. The third-order valence-electron chi connectivity index (χ3n) is 4.55. The molecule has 1 aliphatic heterocycles. The number of nitrogens with zero attached hydrogens (tertiary/aromatic N) is 4. The van der Waals surface area contributed by atoms with Crippen molar-refractivity contribution in [3.63, 3.8) is 0 Å². The van der Waals surface area contributed by atoms with Crippen LogP contribution in [0.25, 0.3) is 0 Å². The highest BCUT2D eigenvalue weighted by molar-refractivity contribution is 5.98. The topological polar surface area (TPSA) is 81.9 Å². The van der Waals surface area contributed by atoms with Crippen molar-refractivity contribution in [3.05, 3.63) is 46.6 Å². The number of anilines is 2. The van der Waals surface area contributed by atoms with Gasteiger partial charge in [-0.25, -0.2) is 0 Å². The summed E-state index contributed by atoms with van der Waals surface area (Å²) in [7, 11) is 0. The molecule has 0 spiro atoms. The standard InChI is InChI=1S/C19H21N5O/c1-3-14-15(11-20)19(23-22-16(14)4-2)21-12-18(25)24-10-9-13-7-5-6-8-17(13)24/h5-8H,3-4,9-10,12H2,1-2H3,(H,21,23). The van der Waals surface area contributed by atoms with Crippen molar-refractivity contribution in [1.82, 2.24) is 10.2 Å². The molecule has 2 aromatic rings. The number of amides is 1. The molecule has 2 heterocycles. The highest BCUT2D eigenvalue weighted by Gasteiger charge is 2.24. The summed E-state index contributed by atoms with van der Waals surface area (Å²) in [5.41, 5.74) is 4.39. The van der Waals surface area contributed by atoms with Gasteiger partial charge in [0.05, 0.1) is 12.2 Å². The van der Waals surface area contributed by atoms with Crippen LogP contribution in [0.4, 0.5) is 11.5 Å². The van der Waals surface area contributed by atoms with E-state index < -0.39 is 0 Å². The van der Waals surface area contributed by atoms with Crippen molar-refractivity contribution in [3.8, 4) is 6.07 Å². The number of nitriles is 1. The van der Waals surface area contributed by atoms with Gasteiger partial charge in [-0.05, 0) is 36.5 Å². The van der Waals surface area contributed by atoms with Crippen LogP contribution in [0.5, 0.6) is 0 Å². The Kier molecular flexibility index (Phi) is 4.94. The van der Waals surface area contributed by atoms with Crippen LogP contribution in [0.3, 0.4) is 0 Å². The van der Waals surface area contributed by atoms with Crippen molar-refractivity contribution < 1.29 is 4.79 Å². The molecule has 0 unspecified atom stereocenters. The maximum absolute atomic E-state index is 12.6. The summed E-state index contributed by atoms with van der Waals surface area (Å²) in [6.07, 6.45) is 2.31. The quantitative estimate of drug-likeness (QED) is 0.908. The summed E-state index contributed by atoms with van der Waals surface area (Å²) >= 11 is 0. The minimum Gasteiger partial charge on any atom is -0.358 e. The average molecular weight is 335 g/mol. The zero-order chi connectivity index (χ0) is 17.8. The summed E-state index contributed by atoms with van der Waals surface area (Å²) < 4.78 is 0. The molecule has 6 heteroatoms. The highest BCUT2D eigenvalue weighted by atomic mass is 16.2. The van der Waals surface area contributed by atoms with E-state index in [1.54, 1.807) is 4.90 Å². The lowest BCUT2D eigenvalue weighted by atomic mass is 10.0. The molecule has 0 saturated heterocycles. The lowest BCUT2D eigenvalue weighted by Crippen LogP contribution is -2.34. The number of aromatic nitrogens is 2. The molecule has 1 N–H and O–H groups in total. The van der Waals surface area contributed by atoms with E-state index in [1.165, 1.54) is 5.56 Å². The van der Waals surface area contributed by atoms with Gasteiger partial charge in [-0.2, -0.15) is 10.4 Å². The number of benzene rings is 1. The van der Waals surface area contributed by atoms with E-state index in [2.05, 4.69) is 21.6 Å². The van der Waals surface area contributed by atoms with E-state index in [-0.39, 0.29) is 12.5 Å². The molecule has 0 fully saturated rings. The van der Waals surface area contributed by atoms with Gasteiger partial charge in [-0.15, -0.1) is 5.10 Å². The van der Waals surface area contributed by atoms with Crippen LogP contribution < -0.4 is 10.2 Å². The van der Waals surface area contributed by atoms with Crippen LogP contribution in [-0.4, -0.2) is 29.2 Å². The predicted octanol–water partition coefficient (Wildman–Crippen LogP) is 2.47. The summed E-state index contributed by atoms with van der Waals surface area (Å²) in [6, 6.07) is 10.1. The van der Waals surface area contributed by atoms with E-state index in [9.17, 15) is 10.1 Å². The molecular weight excluding hydrogens is 314 g/mol. The van der Waals surface area contributed by atoms with Crippen LogP contribution in [0.15, 0.2) is 24.3 Å². The smallest absolute Gasteiger partial charge is 0.246 e. The molecule has 1 aromatic carbocycles. The molecular formula is C19H21N5O. The van der Waals surface area contributed by atoms with Crippen LogP contribution >= 0.6 is 0 Å². The van der Waals surface area contributed by atoms with Crippen LogP contribution in [0, 0.1) is 11.3 Å². The number of hydrogen-bond acceptors (Lipinski definition) is 5. The molecule has 1 aromatic heterocycles. The fraction of sp³-hybridized carbons (Fsp3) is 0.368. The largest absolute Gasteiger partial charge is 0.358 e. The van der Waals surface area contributed by atoms with Crippen molar-refractivity contribution >= 4 is 17.4 Å². The summed E-state index contributed by atoms with van der Waals surface area (Å²) in [6.45, 7) is 4.76. The van der Waals surface area contributed by atoms with Crippen molar-refractivity contribution in [1.29, 1.82) is 5.26 Å². The Morgan fingerprint density at radius 2 is 2.08 bits per heavy atom. The average Bonchev–Trinajstić information content (AvgIpc) is 3.09. The third-order valence-corrected chi connectivity index (χ3v) is 4.55. The van der Waals surface area contributed by atoms with E-state index >= 15 is 0 Å². The number of carbonyl (C=O) groups is 1. The minimum atomic E-state index is -0.0340. The number of fused-ring (bicyclic) bond motifs is 1. The van der Waals surface area contributed by atoms with Gasteiger partial charge in [0.15, 0.2) is 5.82 Å². The van der Waals surface area contributed by atoms with Crippen LogP contribution in [-0.2, 0) is 24.1 Å². The van der Waals surface area contributed by atoms with E-state index in [0.29, 0.717) is 24.3 Å². The first kappa shape index (κ1) is 16.9. The number of aryl methyl sites for hydroxylation is 1. The van der Waals surface area contributed by atoms with Gasteiger partial charge >= 0.3 is 0 Å². The summed E-state index contributed by atoms with van der Waals surface area (Å²) in [5.74, 6) is 0.352. The number of hydrogen-bond donors (Lipinski definition) is 1. The monoisotopic (exact) mass is 335 g/mol.